The van der Waals surface area contributed by atoms with Crippen molar-refractivity contribution in [3.05, 3.63) is 137 Å². The Hall–Kier alpha value is -9.53. The normalized spacial score (nSPS) is 15.9. The Labute approximate surface area is 468 Å². The van der Waals surface area contributed by atoms with E-state index < -0.39 is 42.1 Å². The molecule has 4 aliphatic rings. The SMILES string of the molecule is COc1cc2c(cc1OCc1cc(COc3cc(NCC4Cc5ccccc5N4C=O)c(C)cc3OC)cc(NC(=O)C(C)NC(=O)CNC(=O)CCCCC(=O)NCCN3C(=O)C=CC3=O)c1)N=C[C@@H]1Cc3ccccc3N1C2=O. The largest absolute Gasteiger partial charge is 0.493 e. The van der Waals surface area contributed by atoms with Gasteiger partial charge in [0.2, 0.25) is 30.0 Å². The summed E-state index contributed by atoms with van der Waals surface area (Å²) in [6, 6.07) is 26.6. The number of aryl methyl sites for hydroxylation is 1. The van der Waals surface area contributed by atoms with E-state index in [0.717, 1.165) is 45.1 Å². The summed E-state index contributed by atoms with van der Waals surface area (Å²) in [6.45, 7) is 3.69. The van der Waals surface area contributed by atoms with Crippen LogP contribution >= 0.6 is 0 Å². The van der Waals surface area contributed by atoms with Crippen LogP contribution in [-0.4, -0.2) is 117 Å². The van der Waals surface area contributed by atoms with Gasteiger partial charge >= 0.3 is 0 Å². The number of carbonyl (C=O) groups excluding carboxylic acids is 8. The van der Waals surface area contributed by atoms with Gasteiger partial charge in [0, 0.05) is 92.1 Å². The maximum absolute atomic E-state index is 14.1. The minimum atomic E-state index is -1.04. The fourth-order valence-electron chi connectivity index (χ4n) is 10.2. The van der Waals surface area contributed by atoms with Gasteiger partial charge in [-0.1, -0.05) is 36.4 Å². The highest BCUT2D eigenvalue weighted by Crippen LogP contribution is 2.42. The maximum Gasteiger partial charge on any atom is 0.261 e. The number of benzene rings is 5. The third-order valence-corrected chi connectivity index (χ3v) is 14.3. The number of hydrogen-bond acceptors (Lipinski definition) is 14. The Balaban J connectivity index is 0.844. The molecule has 0 radical (unpaired) electrons. The number of amides is 8. The molecule has 3 atom stereocenters. The first-order chi connectivity index (χ1) is 39.2. The van der Waals surface area contributed by atoms with Crippen molar-refractivity contribution in [3.63, 3.8) is 0 Å². The van der Waals surface area contributed by atoms with Gasteiger partial charge < -0.3 is 50.4 Å². The van der Waals surface area contributed by atoms with Crippen LogP contribution in [-0.2, 0) is 59.6 Å². The quantitative estimate of drug-likeness (QED) is 0.0271. The Morgan fingerprint density at radius 3 is 2.05 bits per heavy atom. The van der Waals surface area contributed by atoms with Crippen molar-refractivity contribution in [2.45, 2.75) is 83.7 Å². The maximum atomic E-state index is 14.1. The van der Waals surface area contributed by atoms with Crippen LogP contribution in [0.1, 0.15) is 70.8 Å². The molecule has 0 saturated heterocycles. The van der Waals surface area contributed by atoms with E-state index >= 15 is 0 Å². The lowest BCUT2D eigenvalue weighted by Gasteiger charge is -2.23. The molecule has 420 valence electrons. The van der Waals surface area contributed by atoms with Gasteiger partial charge in [-0.15, -0.1) is 0 Å². The molecule has 9 rings (SSSR count). The van der Waals surface area contributed by atoms with E-state index in [0.29, 0.717) is 83.3 Å². The number of para-hydroxylation sites is 2. The van der Waals surface area contributed by atoms with Crippen LogP contribution in [0.5, 0.6) is 23.0 Å². The van der Waals surface area contributed by atoms with Crippen LogP contribution in [0.15, 0.2) is 108 Å². The molecule has 21 nitrogen and oxygen atoms in total. The third kappa shape index (κ3) is 13.3. The van der Waals surface area contributed by atoms with Gasteiger partial charge in [-0.2, -0.15) is 0 Å². The smallest absolute Gasteiger partial charge is 0.261 e. The predicted molar refractivity (Wildman–Crippen MR) is 302 cm³/mol. The molecular weight excluding hydrogens is 1040 g/mol. The number of methoxy groups -OCH3 is 2. The predicted octanol–water partition coefficient (Wildman–Crippen LogP) is 5.62. The molecule has 4 aliphatic heterocycles. The van der Waals surface area contributed by atoms with Gasteiger partial charge in [0.05, 0.1) is 44.1 Å². The summed E-state index contributed by atoms with van der Waals surface area (Å²) in [5.41, 5.74) is 7.96. The summed E-state index contributed by atoms with van der Waals surface area (Å²) in [4.78, 5) is 110. The number of imide groups is 1. The lowest BCUT2D eigenvalue weighted by Crippen LogP contribution is -2.45. The zero-order chi connectivity index (χ0) is 57.2. The molecule has 0 aliphatic carbocycles. The van der Waals surface area contributed by atoms with E-state index in [-0.39, 0.29) is 63.0 Å². The number of nitrogens with one attached hydrogen (secondary N) is 5. The van der Waals surface area contributed by atoms with Gasteiger partial charge in [-0.05, 0) is 103 Å². The fraction of sp³-hybridized carbons (Fsp3) is 0.317. The second-order valence-electron chi connectivity index (χ2n) is 20.0. The van der Waals surface area contributed by atoms with Crippen LogP contribution in [0.25, 0.3) is 0 Å². The van der Waals surface area contributed by atoms with E-state index in [9.17, 15) is 38.4 Å². The van der Waals surface area contributed by atoms with E-state index in [4.69, 9.17) is 23.9 Å². The molecule has 21 heteroatoms. The second-order valence-corrected chi connectivity index (χ2v) is 20.0. The molecule has 8 amide bonds. The highest BCUT2D eigenvalue weighted by Gasteiger charge is 2.37. The van der Waals surface area contributed by atoms with Gasteiger partial charge in [0.1, 0.15) is 19.3 Å². The van der Waals surface area contributed by atoms with Crippen LogP contribution in [0, 0.1) is 6.92 Å². The molecule has 81 heavy (non-hydrogen) atoms. The Kier molecular flexibility index (Phi) is 17.7. The highest BCUT2D eigenvalue weighted by atomic mass is 16.5. The van der Waals surface area contributed by atoms with Crippen molar-refractivity contribution in [1.82, 2.24) is 20.9 Å². The molecule has 4 heterocycles. The van der Waals surface area contributed by atoms with Gasteiger partial charge in [0.15, 0.2) is 23.0 Å². The number of hydrogen-bond donors (Lipinski definition) is 5. The first-order valence-electron chi connectivity index (χ1n) is 26.7. The standard InChI is InChI=1S/C60H63N9O12/c1-36-21-50(78-3)52(28-46(36)62-30-43-25-40-11-5-7-13-48(40)68(43)35-70)80-33-38-22-39(34-81-53-29-47-45(27-51(53)79-4)60(77)69-44(31-63-47)26-41-12-6-8-14-49(41)69)24-42(23-38)66-59(76)37(2)65-56(73)32-64-55(72)16-10-9-15-54(71)61-19-20-67-57(74)17-18-58(67)75/h5-8,11-14,17-18,21-24,27-29,31,35,37,43-44,62H,9-10,15-16,19-20,25-26,30,32-34H2,1-4H3,(H,61,71)(H,64,72)(H,65,73)(H,66,76)/t37?,43?,44-/m0/s1. The van der Waals surface area contributed by atoms with E-state index in [1.54, 1.807) is 47.4 Å². The van der Waals surface area contributed by atoms with Gasteiger partial charge in [-0.25, -0.2) is 0 Å². The molecular formula is C60H63N9O12. The Morgan fingerprint density at radius 2 is 1.37 bits per heavy atom. The molecule has 0 spiro atoms. The zero-order valence-corrected chi connectivity index (χ0v) is 45.4. The lowest BCUT2D eigenvalue weighted by atomic mass is 10.1. The second kappa shape index (κ2) is 25.5. The molecule has 0 fully saturated rings. The lowest BCUT2D eigenvalue weighted by molar-refractivity contribution is -0.137. The van der Waals surface area contributed by atoms with Gasteiger partial charge in [-0.3, -0.25) is 53.1 Å². The first-order valence-corrected chi connectivity index (χ1v) is 26.7. The van der Waals surface area contributed by atoms with Crippen molar-refractivity contribution in [2.24, 2.45) is 4.99 Å². The third-order valence-electron chi connectivity index (χ3n) is 14.3. The van der Waals surface area contributed by atoms with E-state index in [2.05, 4.69) is 26.6 Å². The summed E-state index contributed by atoms with van der Waals surface area (Å²) >= 11 is 0. The molecule has 0 bridgehead atoms. The average Bonchev–Trinajstić information content (AvgIpc) is 4.20. The van der Waals surface area contributed by atoms with E-state index in [1.807, 2.05) is 73.7 Å². The summed E-state index contributed by atoms with van der Waals surface area (Å²) in [5.74, 6) is -1.37. The number of nitrogens with zero attached hydrogens (tertiary/aromatic N) is 4. The average molecular weight is 1100 g/mol. The Morgan fingerprint density at radius 1 is 0.741 bits per heavy atom. The summed E-state index contributed by atoms with van der Waals surface area (Å²) in [6.07, 6.45) is 7.26. The molecule has 5 N–H and O–H groups in total. The summed E-state index contributed by atoms with van der Waals surface area (Å²) in [7, 11) is 3.04. The van der Waals surface area contributed by atoms with Crippen molar-refractivity contribution in [2.75, 3.05) is 60.8 Å². The highest BCUT2D eigenvalue weighted by molar-refractivity contribution is 6.15. The number of rotatable bonds is 25. The monoisotopic (exact) mass is 1100 g/mol. The number of anilines is 4. The van der Waals surface area contributed by atoms with Crippen LogP contribution in [0.2, 0.25) is 0 Å². The van der Waals surface area contributed by atoms with E-state index in [1.165, 1.54) is 26.2 Å². The first kappa shape index (κ1) is 56.2. The fourth-order valence-corrected chi connectivity index (χ4v) is 10.2. The molecule has 0 aromatic heterocycles. The van der Waals surface area contributed by atoms with Crippen molar-refractivity contribution < 1.29 is 57.3 Å². The number of aliphatic imine (C=N–C) groups is 1. The molecule has 2 unspecified atom stereocenters. The van der Waals surface area contributed by atoms with Crippen LogP contribution in [0.3, 0.4) is 0 Å². The summed E-state index contributed by atoms with van der Waals surface area (Å²) in [5, 5.41) is 14.2. The zero-order valence-electron chi connectivity index (χ0n) is 45.4. The molecule has 5 aromatic rings. The topological polar surface area (TPSA) is 256 Å². The molecule has 0 saturated carbocycles. The Bertz CT molecular complexity index is 3320. The molecule has 5 aromatic carbocycles. The van der Waals surface area contributed by atoms with Crippen molar-refractivity contribution in [3.8, 4) is 23.0 Å². The van der Waals surface area contributed by atoms with Crippen molar-refractivity contribution >= 4 is 82.4 Å². The van der Waals surface area contributed by atoms with Crippen LogP contribution < -0.4 is 55.3 Å². The minimum Gasteiger partial charge on any atom is -0.493 e. The summed E-state index contributed by atoms with van der Waals surface area (Å²) < 4.78 is 24.4. The number of fused-ring (bicyclic) bond motifs is 5. The van der Waals surface area contributed by atoms with Crippen molar-refractivity contribution in [1.29, 1.82) is 0 Å². The number of ether oxygens (including phenoxy) is 4. The number of carbonyl (C=O) groups is 8. The van der Waals surface area contributed by atoms with Crippen LogP contribution in [0.4, 0.5) is 28.4 Å². The van der Waals surface area contributed by atoms with Gasteiger partial charge in [0.25, 0.3) is 17.7 Å². The minimum absolute atomic E-state index is 0.00863. The number of unbranched alkanes of at least 4 members (excludes halogenated alkanes) is 1.